The lowest BCUT2D eigenvalue weighted by molar-refractivity contribution is -0.154. The maximum absolute atomic E-state index is 12.3. The first-order chi connectivity index (χ1) is 12.9. The van der Waals surface area contributed by atoms with Gasteiger partial charge in [0, 0.05) is 0 Å². The quantitative estimate of drug-likeness (QED) is 0.592. The minimum absolute atomic E-state index is 0.176. The number of nitrogens with zero attached hydrogens (tertiary/aromatic N) is 1. The average molecular weight is 413 g/mol. The van der Waals surface area contributed by atoms with Crippen LogP contribution in [0.3, 0.4) is 0 Å². The van der Waals surface area contributed by atoms with E-state index in [4.69, 9.17) is 27.9 Å². The maximum Gasteiger partial charge on any atom is 0.326 e. The third kappa shape index (κ3) is 4.25. The summed E-state index contributed by atoms with van der Waals surface area (Å²) in [5, 5.41) is 2.93. The number of hydrogen-bond acceptors (Lipinski definition) is 5. The zero-order valence-electron chi connectivity index (χ0n) is 14.4. The molecular weight excluding hydrogens is 395 g/mol. The van der Waals surface area contributed by atoms with Crippen LogP contribution in [-0.2, 0) is 23.9 Å². The van der Waals surface area contributed by atoms with Crippen molar-refractivity contribution in [2.24, 2.45) is 11.8 Å². The van der Waals surface area contributed by atoms with E-state index in [2.05, 4.69) is 5.32 Å². The number of halogens is 2. The first kappa shape index (κ1) is 19.6. The van der Waals surface area contributed by atoms with E-state index >= 15 is 0 Å². The second-order valence-electron chi connectivity index (χ2n) is 6.57. The lowest BCUT2D eigenvalue weighted by atomic mass is 9.81. The molecule has 1 aliphatic carbocycles. The highest BCUT2D eigenvalue weighted by atomic mass is 35.5. The molecule has 1 saturated carbocycles. The number of carbonyl (C=O) groups excluding carboxylic acids is 4. The summed E-state index contributed by atoms with van der Waals surface area (Å²) >= 11 is 11.8. The third-order valence-electron chi connectivity index (χ3n) is 4.81. The van der Waals surface area contributed by atoms with Gasteiger partial charge >= 0.3 is 5.97 Å². The van der Waals surface area contributed by atoms with Gasteiger partial charge in [-0.05, 0) is 25.0 Å². The van der Waals surface area contributed by atoms with Crippen molar-refractivity contribution in [1.29, 1.82) is 0 Å². The van der Waals surface area contributed by atoms with Crippen LogP contribution in [0.5, 0.6) is 0 Å². The Hall–Kier alpha value is -2.12. The number of anilines is 1. The number of imide groups is 1. The van der Waals surface area contributed by atoms with Crippen LogP contribution in [0.1, 0.15) is 25.7 Å². The first-order valence-corrected chi connectivity index (χ1v) is 9.38. The van der Waals surface area contributed by atoms with E-state index < -0.39 is 25.0 Å². The van der Waals surface area contributed by atoms with E-state index in [-0.39, 0.29) is 33.7 Å². The normalized spacial score (nSPS) is 21.8. The molecule has 1 aromatic carbocycles. The zero-order chi connectivity index (χ0) is 19.6. The second kappa shape index (κ2) is 8.27. The molecule has 1 saturated heterocycles. The van der Waals surface area contributed by atoms with E-state index in [0.717, 1.165) is 17.7 Å². The van der Waals surface area contributed by atoms with Crippen LogP contribution >= 0.6 is 23.2 Å². The van der Waals surface area contributed by atoms with E-state index in [1.165, 1.54) is 0 Å². The molecule has 3 rings (SSSR count). The van der Waals surface area contributed by atoms with Crippen molar-refractivity contribution in [3.05, 3.63) is 28.2 Å². The van der Waals surface area contributed by atoms with Gasteiger partial charge in [-0.2, -0.15) is 0 Å². The molecule has 0 unspecified atom stereocenters. The summed E-state index contributed by atoms with van der Waals surface area (Å²) in [7, 11) is 0. The molecule has 3 amide bonds. The standard InChI is InChI=1S/C18H18Cl2N2O5/c19-12-6-3-7-13(16(12)20)21-14(23)9-27-15(24)8-22-17(25)10-4-1-2-5-11(10)18(22)26/h3,6-7,10-11H,1-2,4-5,8-9H2,(H,21,23)/t10-,11+. The number of carbonyl (C=O) groups is 4. The molecule has 144 valence electrons. The fraction of sp³-hybridized carbons (Fsp3) is 0.444. The predicted octanol–water partition coefficient (Wildman–Crippen LogP) is 2.65. The Bertz CT molecular complexity index is 774. The highest BCUT2D eigenvalue weighted by molar-refractivity contribution is 6.44. The smallest absolute Gasteiger partial charge is 0.326 e. The third-order valence-corrected chi connectivity index (χ3v) is 5.63. The molecule has 1 aromatic rings. The molecule has 7 nitrogen and oxygen atoms in total. The van der Waals surface area contributed by atoms with Crippen molar-refractivity contribution in [3.8, 4) is 0 Å². The number of hydrogen-bond donors (Lipinski definition) is 1. The molecule has 1 N–H and O–H groups in total. The predicted molar refractivity (Wildman–Crippen MR) is 98.2 cm³/mol. The summed E-state index contributed by atoms with van der Waals surface area (Å²) < 4.78 is 4.88. The Labute approximate surface area is 165 Å². The Kier molecular flexibility index (Phi) is 6.01. The first-order valence-electron chi connectivity index (χ1n) is 8.63. The molecule has 27 heavy (non-hydrogen) atoms. The molecule has 0 spiro atoms. The van der Waals surface area contributed by atoms with Gasteiger partial charge in [0.2, 0.25) is 11.8 Å². The van der Waals surface area contributed by atoms with E-state index in [1.54, 1.807) is 18.2 Å². The van der Waals surface area contributed by atoms with Crippen molar-refractivity contribution < 1.29 is 23.9 Å². The molecular formula is C18H18Cl2N2O5. The molecule has 1 aliphatic heterocycles. The monoisotopic (exact) mass is 412 g/mol. The van der Waals surface area contributed by atoms with Gasteiger partial charge in [0.15, 0.2) is 6.61 Å². The summed E-state index contributed by atoms with van der Waals surface area (Å²) in [5.74, 6) is -2.73. The number of rotatable bonds is 5. The summed E-state index contributed by atoms with van der Waals surface area (Å²) in [4.78, 5) is 49.5. The molecule has 0 aromatic heterocycles. The van der Waals surface area contributed by atoms with E-state index in [1.807, 2.05) is 0 Å². The van der Waals surface area contributed by atoms with Gasteiger partial charge < -0.3 is 10.1 Å². The number of fused-ring (bicyclic) bond motifs is 1. The van der Waals surface area contributed by atoms with Crippen LogP contribution in [-0.4, -0.2) is 41.7 Å². The lowest BCUT2D eigenvalue weighted by Crippen LogP contribution is -2.37. The van der Waals surface area contributed by atoms with Crippen LogP contribution in [0, 0.1) is 11.8 Å². The van der Waals surface area contributed by atoms with Crippen LogP contribution in [0.15, 0.2) is 18.2 Å². The van der Waals surface area contributed by atoms with Crippen molar-refractivity contribution in [1.82, 2.24) is 4.90 Å². The minimum atomic E-state index is -0.817. The van der Waals surface area contributed by atoms with Crippen molar-refractivity contribution in [2.45, 2.75) is 25.7 Å². The van der Waals surface area contributed by atoms with Gasteiger partial charge in [0.25, 0.3) is 5.91 Å². The van der Waals surface area contributed by atoms with Gasteiger partial charge in [-0.25, -0.2) is 0 Å². The summed E-state index contributed by atoms with van der Waals surface area (Å²) in [6.45, 7) is -1.04. The van der Waals surface area contributed by atoms with E-state index in [0.29, 0.717) is 18.5 Å². The topological polar surface area (TPSA) is 92.8 Å². The number of benzene rings is 1. The molecule has 2 fully saturated rings. The van der Waals surface area contributed by atoms with Crippen LogP contribution in [0.2, 0.25) is 10.0 Å². The highest BCUT2D eigenvalue weighted by Gasteiger charge is 2.48. The lowest BCUT2D eigenvalue weighted by Gasteiger charge is -2.19. The SMILES string of the molecule is O=C(COC(=O)CN1C(=O)[C@H]2CCCC[C@H]2C1=O)Nc1cccc(Cl)c1Cl. The number of nitrogens with one attached hydrogen (secondary N) is 1. The van der Waals surface area contributed by atoms with E-state index in [9.17, 15) is 19.2 Å². The summed E-state index contributed by atoms with van der Waals surface area (Å²) in [5.41, 5.74) is 0.291. The molecule has 0 radical (unpaired) electrons. The van der Waals surface area contributed by atoms with Crippen molar-refractivity contribution in [3.63, 3.8) is 0 Å². The summed E-state index contributed by atoms with van der Waals surface area (Å²) in [6.07, 6.45) is 3.16. The molecule has 0 bridgehead atoms. The van der Waals surface area contributed by atoms with Gasteiger partial charge in [-0.1, -0.05) is 42.1 Å². The minimum Gasteiger partial charge on any atom is -0.454 e. The second-order valence-corrected chi connectivity index (χ2v) is 7.36. The Morgan fingerprint density at radius 2 is 1.74 bits per heavy atom. The fourth-order valence-electron chi connectivity index (χ4n) is 3.49. The summed E-state index contributed by atoms with van der Waals surface area (Å²) in [6, 6.07) is 4.73. The molecule has 9 heteroatoms. The van der Waals surface area contributed by atoms with Crippen LogP contribution in [0.4, 0.5) is 5.69 Å². The van der Waals surface area contributed by atoms with Gasteiger partial charge in [0.05, 0.1) is 27.6 Å². The van der Waals surface area contributed by atoms with Gasteiger partial charge in [-0.3, -0.25) is 24.1 Å². The van der Waals surface area contributed by atoms with Crippen molar-refractivity contribution in [2.75, 3.05) is 18.5 Å². The number of amides is 3. The zero-order valence-corrected chi connectivity index (χ0v) is 15.9. The molecule has 1 heterocycles. The molecule has 2 atom stereocenters. The average Bonchev–Trinajstić information content (AvgIpc) is 2.89. The van der Waals surface area contributed by atoms with Crippen LogP contribution < -0.4 is 5.32 Å². The van der Waals surface area contributed by atoms with Crippen LogP contribution in [0.25, 0.3) is 0 Å². The maximum atomic E-state index is 12.3. The Morgan fingerprint density at radius 1 is 1.11 bits per heavy atom. The molecule has 2 aliphatic rings. The largest absolute Gasteiger partial charge is 0.454 e. The number of likely N-dealkylation sites (tertiary alicyclic amines) is 1. The number of ether oxygens (including phenoxy) is 1. The highest BCUT2D eigenvalue weighted by Crippen LogP contribution is 2.37. The van der Waals surface area contributed by atoms with Gasteiger partial charge in [0.1, 0.15) is 6.54 Å². The van der Waals surface area contributed by atoms with Gasteiger partial charge in [-0.15, -0.1) is 0 Å². The fourth-order valence-corrected chi connectivity index (χ4v) is 3.84. The van der Waals surface area contributed by atoms with Crippen molar-refractivity contribution >= 4 is 52.6 Å². The number of esters is 1. The Balaban J connectivity index is 1.51. The Morgan fingerprint density at radius 3 is 2.37 bits per heavy atom.